The molecular weight excluding hydrogens is 230 g/mol. The van der Waals surface area contributed by atoms with Crippen molar-refractivity contribution in [3.05, 3.63) is 0 Å². The summed E-state index contributed by atoms with van der Waals surface area (Å²) in [5.74, 6) is -6.49. The number of carbonyl (C=O) groups excluding carboxylic acids is 1. The fourth-order valence-electron chi connectivity index (χ4n) is 1.40. The molecule has 1 aliphatic rings. The molecule has 1 saturated heterocycles. The molecule has 0 aliphatic carbocycles. The van der Waals surface area contributed by atoms with Crippen molar-refractivity contribution in [2.24, 2.45) is 5.92 Å². The molecule has 0 aromatic rings. The molecule has 0 spiro atoms. The lowest BCUT2D eigenvalue weighted by Gasteiger charge is -2.23. The van der Waals surface area contributed by atoms with E-state index in [9.17, 15) is 22.4 Å². The Morgan fingerprint density at radius 1 is 1.38 bits per heavy atom. The molecule has 1 N–H and O–H groups in total. The normalized spacial score (nSPS) is 18.8. The van der Waals surface area contributed by atoms with Gasteiger partial charge in [-0.05, 0) is 18.8 Å². The molecule has 16 heavy (non-hydrogen) atoms. The third-order valence-corrected chi connectivity index (χ3v) is 2.47. The van der Waals surface area contributed by atoms with E-state index in [1.54, 1.807) is 0 Å². The van der Waals surface area contributed by atoms with E-state index in [1.807, 2.05) is 5.32 Å². The standard InChI is InChI=1S/C9H13F4NO2/c10-7(11)9(12,13)8(15)14-5-6-1-3-16-4-2-6/h6-7H,1-5H2,(H,14,15). The van der Waals surface area contributed by atoms with Gasteiger partial charge in [-0.15, -0.1) is 0 Å². The summed E-state index contributed by atoms with van der Waals surface area (Å²) in [7, 11) is 0. The maximum Gasteiger partial charge on any atom is 0.383 e. The van der Waals surface area contributed by atoms with Gasteiger partial charge in [0.1, 0.15) is 0 Å². The van der Waals surface area contributed by atoms with E-state index in [0.29, 0.717) is 26.1 Å². The van der Waals surface area contributed by atoms with Gasteiger partial charge in [-0.25, -0.2) is 8.78 Å². The number of amides is 1. The van der Waals surface area contributed by atoms with Crippen molar-refractivity contribution in [3.63, 3.8) is 0 Å². The van der Waals surface area contributed by atoms with Crippen molar-refractivity contribution in [1.82, 2.24) is 5.32 Å². The second-order valence-corrected chi connectivity index (χ2v) is 3.69. The van der Waals surface area contributed by atoms with Gasteiger partial charge in [-0.3, -0.25) is 4.79 Å². The fourth-order valence-corrected chi connectivity index (χ4v) is 1.40. The monoisotopic (exact) mass is 243 g/mol. The molecule has 1 amide bonds. The molecule has 1 rings (SSSR count). The lowest BCUT2D eigenvalue weighted by Crippen LogP contribution is -2.46. The number of hydrogen-bond donors (Lipinski definition) is 1. The Labute approximate surface area is 90.1 Å². The Bertz CT molecular complexity index is 242. The molecule has 0 saturated carbocycles. The minimum atomic E-state index is -4.61. The Kier molecular flexibility index (Phi) is 4.52. The Hall–Kier alpha value is -0.850. The summed E-state index contributed by atoms with van der Waals surface area (Å²) >= 11 is 0. The first-order chi connectivity index (χ1) is 7.44. The number of carbonyl (C=O) groups is 1. The molecule has 0 bridgehead atoms. The molecule has 1 heterocycles. The Morgan fingerprint density at radius 3 is 2.44 bits per heavy atom. The van der Waals surface area contributed by atoms with Crippen LogP contribution in [0, 0.1) is 5.92 Å². The molecule has 0 atom stereocenters. The molecule has 3 nitrogen and oxygen atoms in total. The topological polar surface area (TPSA) is 38.3 Å². The average molecular weight is 243 g/mol. The van der Waals surface area contributed by atoms with Crippen LogP contribution in [0.25, 0.3) is 0 Å². The van der Waals surface area contributed by atoms with E-state index in [1.165, 1.54) is 0 Å². The van der Waals surface area contributed by atoms with Crippen LogP contribution < -0.4 is 5.32 Å². The van der Waals surface area contributed by atoms with Crippen molar-refractivity contribution in [3.8, 4) is 0 Å². The van der Waals surface area contributed by atoms with Gasteiger partial charge < -0.3 is 10.1 Å². The largest absolute Gasteiger partial charge is 0.383 e. The number of nitrogens with one attached hydrogen (secondary N) is 1. The predicted octanol–water partition coefficient (Wildman–Crippen LogP) is 1.43. The first kappa shape index (κ1) is 13.2. The second kappa shape index (κ2) is 5.47. The third kappa shape index (κ3) is 3.33. The molecule has 0 aromatic heterocycles. The Balaban J connectivity index is 2.34. The minimum absolute atomic E-state index is 0.00942. The molecule has 1 aliphatic heterocycles. The molecule has 1 fully saturated rings. The van der Waals surface area contributed by atoms with E-state index in [4.69, 9.17) is 4.74 Å². The van der Waals surface area contributed by atoms with E-state index in [2.05, 4.69) is 0 Å². The van der Waals surface area contributed by atoms with Gasteiger partial charge in [0.25, 0.3) is 5.91 Å². The predicted molar refractivity (Wildman–Crippen MR) is 47.5 cm³/mol. The van der Waals surface area contributed by atoms with Crippen molar-refractivity contribution in [2.45, 2.75) is 25.2 Å². The van der Waals surface area contributed by atoms with E-state index in [-0.39, 0.29) is 12.5 Å². The summed E-state index contributed by atoms with van der Waals surface area (Å²) in [6.45, 7) is 1.00. The Morgan fingerprint density at radius 2 is 1.94 bits per heavy atom. The highest BCUT2D eigenvalue weighted by atomic mass is 19.3. The van der Waals surface area contributed by atoms with Crippen molar-refractivity contribution in [1.29, 1.82) is 0 Å². The summed E-state index contributed by atoms with van der Waals surface area (Å²) in [5, 5.41) is 1.85. The number of alkyl halides is 4. The van der Waals surface area contributed by atoms with Crippen LogP contribution in [0.2, 0.25) is 0 Å². The molecule has 94 valence electrons. The molecule has 0 aromatic carbocycles. The zero-order valence-electron chi connectivity index (χ0n) is 8.52. The van der Waals surface area contributed by atoms with Gasteiger partial charge in [-0.2, -0.15) is 8.78 Å². The lowest BCUT2D eigenvalue weighted by molar-refractivity contribution is -0.169. The van der Waals surface area contributed by atoms with Crippen LogP contribution in [0.1, 0.15) is 12.8 Å². The van der Waals surface area contributed by atoms with E-state index in [0.717, 1.165) is 0 Å². The highest BCUT2D eigenvalue weighted by molar-refractivity contribution is 5.83. The van der Waals surface area contributed by atoms with Gasteiger partial charge in [-0.1, -0.05) is 0 Å². The number of hydrogen-bond acceptors (Lipinski definition) is 2. The van der Waals surface area contributed by atoms with Crippen LogP contribution in [-0.4, -0.2) is 38.0 Å². The van der Waals surface area contributed by atoms with Crippen LogP contribution in [-0.2, 0) is 9.53 Å². The highest BCUT2D eigenvalue weighted by Crippen LogP contribution is 2.23. The van der Waals surface area contributed by atoms with Crippen molar-refractivity contribution in [2.75, 3.05) is 19.8 Å². The van der Waals surface area contributed by atoms with Gasteiger partial charge in [0, 0.05) is 19.8 Å². The highest BCUT2D eigenvalue weighted by Gasteiger charge is 2.48. The second-order valence-electron chi connectivity index (χ2n) is 3.69. The first-order valence-corrected chi connectivity index (χ1v) is 4.96. The zero-order chi connectivity index (χ0) is 12.2. The maximum atomic E-state index is 12.5. The van der Waals surface area contributed by atoms with Crippen molar-refractivity contribution < 1.29 is 27.1 Å². The number of ether oxygens (including phenoxy) is 1. The fraction of sp³-hybridized carbons (Fsp3) is 0.889. The average Bonchev–Trinajstić information content (AvgIpc) is 2.27. The molecule has 7 heteroatoms. The molecule has 0 unspecified atom stereocenters. The van der Waals surface area contributed by atoms with Crippen LogP contribution in [0.4, 0.5) is 17.6 Å². The summed E-state index contributed by atoms with van der Waals surface area (Å²) in [5.41, 5.74) is 0. The SMILES string of the molecule is O=C(NCC1CCOCC1)C(F)(F)C(F)F. The number of halogens is 4. The van der Waals surface area contributed by atoms with Gasteiger partial charge in [0.05, 0.1) is 0 Å². The first-order valence-electron chi connectivity index (χ1n) is 4.96. The quantitative estimate of drug-likeness (QED) is 0.758. The van der Waals surface area contributed by atoms with Gasteiger partial charge in [0.2, 0.25) is 0 Å². The van der Waals surface area contributed by atoms with Crippen molar-refractivity contribution >= 4 is 5.91 Å². The summed E-state index contributed by atoms with van der Waals surface area (Å²) in [6, 6.07) is 0. The number of rotatable bonds is 4. The van der Waals surface area contributed by atoms with Crippen LogP contribution in [0.3, 0.4) is 0 Å². The molecular formula is C9H13F4NO2. The van der Waals surface area contributed by atoms with Crippen LogP contribution >= 0.6 is 0 Å². The van der Waals surface area contributed by atoms with E-state index < -0.39 is 18.3 Å². The minimum Gasteiger partial charge on any atom is -0.381 e. The summed E-state index contributed by atoms with van der Waals surface area (Å²) in [6.07, 6.45) is -2.69. The maximum absolute atomic E-state index is 12.5. The third-order valence-electron chi connectivity index (χ3n) is 2.47. The smallest absolute Gasteiger partial charge is 0.381 e. The van der Waals surface area contributed by atoms with Crippen LogP contribution in [0.15, 0.2) is 0 Å². The summed E-state index contributed by atoms with van der Waals surface area (Å²) < 4.78 is 53.6. The lowest BCUT2D eigenvalue weighted by atomic mass is 10.0. The van der Waals surface area contributed by atoms with Gasteiger partial charge in [0.15, 0.2) is 0 Å². The van der Waals surface area contributed by atoms with E-state index >= 15 is 0 Å². The van der Waals surface area contributed by atoms with Crippen LogP contribution in [0.5, 0.6) is 0 Å². The zero-order valence-corrected chi connectivity index (χ0v) is 8.52. The van der Waals surface area contributed by atoms with Gasteiger partial charge >= 0.3 is 12.3 Å². The summed E-state index contributed by atoms with van der Waals surface area (Å²) in [4.78, 5) is 10.8. The molecule has 0 radical (unpaired) electrons.